The predicted molar refractivity (Wildman–Crippen MR) is 117 cm³/mol. The van der Waals surface area contributed by atoms with E-state index in [-0.39, 0.29) is 23.5 Å². The lowest BCUT2D eigenvalue weighted by Gasteiger charge is -2.45. The first-order valence-electron chi connectivity index (χ1n) is 11.0. The maximum atomic E-state index is 11.0. The summed E-state index contributed by atoms with van der Waals surface area (Å²) in [5, 5.41) is 19.7. The van der Waals surface area contributed by atoms with Crippen LogP contribution in [0.2, 0.25) is 0 Å². The van der Waals surface area contributed by atoms with Gasteiger partial charge in [0.25, 0.3) is 0 Å². The molecule has 2 aliphatic rings. The van der Waals surface area contributed by atoms with E-state index in [2.05, 4.69) is 23.9 Å². The van der Waals surface area contributed by atoms with Crippen molar-refractivity contribution in [2.45, 2.75) is 83.3 Å². The van der Waals surface area contributed by atoms with Crippen LogP contribution < -0.4 is 0 Å². The average Bonchev–Trinajstić information content (AvgIpc) is 3.29. The third-order valence-electron chi connectivity index (χ3n) is 7.34. The van der Waals surface area contributed by atoms with Gasteiger partial charge in [0.2, 0.25) is 6.04 Å². The van der Waals surface area contributed by atoms with Crippen LogP contribution in [0.3, 0.4) is 0 Å². The molecule has 0 radical (unpaired) electrons. The van der Waals surface area contributed by atoms with Gasteiger partial charge in [0.1, 0.15) is 4.88 Å². The Kier molecular flexibility index (Phi) is 7.54. The molecule has 5 heteroatoms. The van der Waals surface area contributed by atoms with Crippen molar-refractivity contribution in [2.24, 2.45) is 17.3 Å². The number of carboxylic acids is 1. The number of aromatic carboxylic acids is 1. The van der Waals surface area contributed by atoms with Crippen molar-refractivity contribution in [3.05, 3.63) is 45.5 Å². The predicted octanol–water partition coefficient (Wildman–Crippen LogP) is 5.97. The SMILES string of the molecule is [C-]#[N+][C@@H]1CC[C@H](CCCc2ccc(C(=O)O)s2)[C@H]1/C=C/CC(O)C1(CC)CCC1. The smallest absolute Gasteiger partial charge is 0.345 e. The molecule has 2 N–H and O–H groups in total. The van der Waals surface area contributed by atoms with Crippen LogP contribution in [0.4, 0.5) is 0 Å². The Morgan fingerprint density at radius 3 is 2.79 bits per heavy atom. The van der Waals surface area contributed by atoms with Gasteiger partial charge in [-0.25, -0.2) is 11.4 Å². The topological polar surface area (TPSA) is 61.9 Å². The van der Waals surface area contributed by atoms with E-state index in [1.165, 1.54) is 17.8 Å². The number of hydrogen-bond donors (Lipinski definition) is 2. The molecule has 1 heterocycles. The normalized spacial score (nSPS) is 26.9. The first-order chi connectivity index (χ1) is 14.0. The maximum Gasteiger partial charge on any atom is 0.345 e. The third kappa shape index (κ3) is 5.10. The molecule has 2 fully saturated rings. The summed E-state index contributed by atoms with van der Waals surface area (Å²) in [6.45, 7) is 9.73. The largest absolute Gasteiger partial charge is 0.477 e. The molecule has 158 valence electrons. The van der Waals surface area contributed by atoms with E-state index in [1.54, 1.807) is 6.07 Å². The molecule has 0 spiro atoms. The number of carbonyl (C=O) groups is 1. The minimum Gasteiger partial charge on any atom is -0.477 e. The summed E-state index contributed by atoms with van der Waals surface area (Å²) in [6, 6.07) is 3.68. The molecular formula is C24H33NO3S. The van der Waals surface area contributed by atoms with Gasteiger partial charge in [-0.15, -0.1) is 11.3 Å². The molecule has 1 aromatic rings. The zero-order valence-electron chi connectivity index (χ0n) is 17.3. The van der Waals surface area contributed by atoms with Crippen LogP contribution in [0.1, 0.15) is 79.3 Å². The first-order valence-corrected chi connectivity index (χ1v) is 11.8. The minimum absolute atomic E-state index is 0.0672. The Bertz CT molecular complexity index is 753. The van der Waals surface area contributed by atoms with E-state index >= 15 is 0 Å². The van der Waals surface area contributed by atoms with Crippen molar-refractivity contribution >= 4 is 17.3 Å². The van der Waals surface area contributed by atoms with E-state index in [4.69, 9.17) is 11.7 Å². The van der Waals surface area contributed by atoms with Crippen LogP contribution in [0.15, 0.2) is 24.3 Å². The van der Waals surface area contributed by atoms with Gasteiger partial charge in [-0.3, -0.25) is 0 Å². The number of hydrogen-bond acceptors (Lipinski definition) is 3. The standard InChI is InChI=1S/C24H33NO3S/c1-3-24(15-6-16-24)22(26)10-5-9-19-17(11-13-20(19)25-2)7-4-8-18-12-14-21(29-18)23(27)28/h5,9,12,14,17,19-20,22,26H,3-4,6-8,10-11,13,15-16H2,1H3,(H,27,28)/b9-5+/t17-,19+,20+,22?/m0/s1. The second kappa shape index (κ2) is 9.91. The first kappa shape index (κ1) is 22.1. The summed E-state index contributed by atoms with van der Waals surface area (Å²) in [5.41, 5.74) is 0.133. The van der Waals surface area contributed by atoms with Gasteiger partial charge in [-0.2, -0.15) is 0 Å². The fraction of sp³-hybridized carbons (Fsp3) is 0.667. The molecule has 1 aromatic heterocycles. The van der Waals surface area contributed by atoms with Gasteiger partial charge in [0.15, 0.2) is 0 Å². The van der Waals surface area contributed by atoms with Crippen molar-refractivity contribution in [3.8, 4) is 0 Å². The highest BCUT2D eigenvalue weighted by atomic mass is 32.1. The Morgan fingerprint density at radius 1 is 1.41 bits per heavy atom. The Morgan fingerprint density at radius 2 is 2.21 bits per heavy atom. The molecule has 4 atom stereocenters. The van der Waals surface area contributed by atoms with E-state index in [1.807, 2.05) is 6.07 Å². The number of aryl methyl sites for hydroxylation is 1. The quantitative estimate of drug-likeness (QED) is 0.365. The summed E-state index contributed by atoms with van der Waals surface area (Å²) in [4.78, 5) is 16.4. The van der Waals surface area contributed by atoms with Crippen molar-refractivity contribution in [1.82, 2.24) is 0 Å². The van der Waals surface area contributed by atoms with Crippen molar-refractivity contribution in [3.63, 3.8) is 0 Å². The second-order valence-corrected chi connectivity index (χ2v) is 9.99. The lowest BCUT2D eigenvalue weighted by atomic mass is 9.63. The van der Waals surface area contributed by atoms with Crippen LogP contribution in [0, 0.1) is 23.8 Å². The molecule has 29 heavy (non-hydrogen) atoms. The lowest BCUT2D eigenvalue weighted by Crippen LogP contribution is -2.40. The molecule has 1 unspecified atom stereocenters. The Labute approximate surface area is 178 Å². The van der Waals surface area contributed by atoms with Gasteiger partial charge < -0.3 is 15.1 Å². The highest BCUT2D eigenvalue weighted by molar-refractivity contribution is 7.13. The van der Waals surface area contributed by atoms with Crippen molar-refractivity contribution in [1.29, 1.82) is 0 Å². The van der Waals surface area contributed by atoms with Crippen LogP contribution >= 0.6 is 11.3 Å². The van der Waals surface area contributed by atoms with Crippen molar-refractivity contribution in [2.75, 3.05) is 0 Å². The molecule has 3 rings (SSSR count). The number of nitrogens with zero attached hydrogens (tertiary/aromatic N) is 1. The van der Waals surface area contributed by atoms with Gasteiger partial charge in [0, 0.05) is 11.3 Å². The third-order valence-corrected chi connectivity index (χ3v) is 8.47. The average molecular weight is 416 g/mol. The number of aliphatic hydroxyl groups is 1. The molecular weight excluding hydrogens is 382 g/mol. The van der Waals surface area contributed by atoms with Crippen LogP contribution in [-0.2, 0) is 6.42 Å². The Hall–Kier alpha value is -1.64. The number of carboxylic acid groups (broad SMARTS) is 1. The number of thiophene rings is 1. The van der Waals surface area contributed by atoms with E-state index in [9.17, 15) is 9.90 Å². The van der Waals surface area contributed by atoms with Crippen LogP contribution in [0.25, 0.3) is 4.85 Å². The molecule has 0 bridgehead atoms. The molecule has 2 aliphatic carbocycles. The minimum atomic E-state index is -0.851. The summed E-state index contributed by atoms with van der Waals surface area (Å²) in [5.74, 6) is -0.0436. The fourth-order valence-corrected chi connectivity index (χ4v) is 6.08. The number of rotatable bonds is 10. The highest BCUT2D eigenvalue weighted by Crippen LogP contribution is 2.48. The summed E-state index contributed by atoms with van der Waals surface area (Å²) >= 11 is 1.37. The van der Waals surface area contributed by atoms with E-state index in [0.29, 0.717) is 17.2 Å². The molecule has 0 amide bonds. The summed E-state index contributed by atoms with van der Waals surface area (Å²) in [7, 11) is 0. The van der Waals surface area contributed by atoms with Gasteiger partial charge in [-0.05, 0) is 74.8 Å². The van der Waals surface area contributed by atoms with E-state index in [0.717, 1.165) is 56.2 Å². The molecule has 0 saturated heterocycles. The Balaban J connectivity index is 1.51. The zero-order chi connectivity index (χ0) is 20.9. The maximum absolute atomic E-state index is 11.0. The van der Waals surface area contributed by atoms with Gasteiger partial charge in [0.05, 0.1) is 12.0 Å². The molecule has 0 aromatic carbocycles. The molecule has 2 saturated carbocycles. The van der Waals surface area contributed by atoms with E-state index < -0.39 is 5.97 Å². The second-order valence-electron chi connectivity index (χ2n) is 8.82. The van der Waals surface area contributed by atoms with Gasteiger partial charge in [-0.1, -0.05) is 25.5 Å². The molecule has 0 aliphatic heterocycles. The van der Waals surface area contributed by atoms with Crippen molar-refractivity contribution < 1.29 is 15.0 Å². The molecule has 4 nitrogen and oxygen atoms in total. The summed E-state index contributed by atoms with van der Waals surface area (Å²) < 4.78 is 0. The van der Waals surface area contributed by atoms with Crippen LogP contribution in [0.5, 0.6) is 0 Å². The lowest BCUT2D eigenvalue weighted by molar-refractivity contribution is -0.0355. The number of aliphatic hydroxyl groups excluding tert-OH is 1. The zero-order valence-corrected chi connectivity index (χ0v) is 18.2. The van der Waals surface area contributed by atoms with Gasteiger partial charge >= 0.3 is 5.97 Å². The monoisotopic (exact) mass is 415 g/mol. The fourth-order valence-electron chi connectivity index (χ4n) is 5.19. The van der Waals surface area contributed by atoms with Crippen LogP contribution in [-0.4, -0.2) is 28.3 Å². The summed E-state index contributed by atoms with van der Waals surface area (Å²) in [6.07, 6.45) is 14.4. The highest BCUT2D eigenvalue weighted by Gasteiger charge is 2.41.